The van der Waals surface area contributed by atoms with Gasteiger partial charge in [-0.05, 0) is 61.0 Å². The number of aliphatic hydroxyl groups is 2. The monoisotopic (exact) mass is 960 g/mol. The Morgan fingerprint density at radius 3 is 2.03 bits per heavy atom. The van der Waals surface area contributed by atoms with E-state index in [-0.39, 0.29) is 25.0 Å². The predicted octanol–water partition coefficient (Wildman–Crippen LogP) is -2.18. The second-order valence-electron chi connectivity index (χ2n) is 15.8. The zero-order valence-corrected chi connectivity index (χ0v) is 38.6. The number of rotatable bonds is 19. The van der Waals surface area contributed by atoms with Crippen LogP contribution in [0.25, 0.3) is 0 Å². The van der Waals surface area contributed by atoms with Crippen LogP contribution in [0.3, 0.4) is 0 Å². The van der Waals surface area contributed by atoms with Crippen molar-refractivity contribution in [2.24, 2.45) is 11.7 Å². The standard InChI is InChI=1S/C43H60N8O13S2/c1-5-22(2)34-41(62)45-28(15-16-65-4)43(64)66-21-32(40(61)47-30(19-33(55)56)37(58)46-29(38(59)50-34)18-24-9-7-6-8-10-24)49-42(63)35(23(3)53)51-39(60)31(20-52)48-36(57)27(44)17-25-11-13-26(54)14-12-25/h6-14,22-23,27-32,34-35,52-54H,5,15-21,44H2,1-4H3,(H,45,62)(H,46,58)(H,47,61)(H,48,57)(H,49,63)(H,50,59)(H,51,60)(H,55,56)/t22-,23+,27-,28?,29-,30?,31-,32-,34-,35-/m0/s1. The molecule has 2 unspecified atom stereocenters. The average molecular weight is 961 g/mol. The van der Waals surface area contributed by atoms with Crippen molar-refractivity contribution in [2.45, 2.75) is 107 Å². The molecule has 1 heterocycles. The number of phenolic OH excluding ortho intramolecular Hbond substituents is 1. The van der Waals surface area contributed by atoms with Crippen LogP contribution in [0.15, 0.2) is 54.6 Å². The third-order valence-electron chi connectivity index (χ3n) is 10.6. The van der Waals surface area contributed by atoms with Crippen LogP contribution in [0.4, 0.5) is 0 Å². The smallest absolute Gasteiger partial charge is 0.305 e. The summed E-state index contributed by atoms with van der Waals surface area (Å²) in [6.45, 7) is 3.64. The van der Waals surface area contributed by atoms with E-state index in [1.807, 2.05) is 0 Å². The maximum atomic E-state index is 14.1. The normalized spacial score (nSPS) is 22.2. The molecule has 1 aliphatic heterocycles. The lowest BCUT2D eigenvalue weighted by Gasteiger charge is -2.30. The number of carbonyl (C=O) groups is 9. The fraction of sp³-hybridized carbons (Fsp3) is 0.512. The molecule has 2 aromatic carbocycles. The van der Waals surface area contributed by atoms with E-state index in [1.165, 1.54) is 36.0 Å². The van der Waals surface area contributed by atoms with Crippen molar-refractivity contribution >= 4 is 76.0 Å². The maximum Gasteiger partial charge on any atom is 0.305 e. The van der Waals surface area contributed by atoms with Gasteiger partial charge in [0.25, 0.3) is 0 Å². The summed E-state index contributed by atoms with van der Waals surface area (Å²) in [5.74, 6) is -9.21. The molecule has 2 aromatic rings. The number of amides is 7. The summed E-state index contributed by atoms with van der Waals surface area (Å²) < 4.78 is 0. The molecule has 13 N–H and O–H groups in total. The molecule has 23 heteroatoms. The molecule has 362 valence electrons. The second kappa shape index (κ2) is 27.0. The molecule has 1 aliphatic rings. The summed E-state index contributed by atoms with van der Waals surface area (Å²) in [4.78, 5) is 122. The van der Waals surface area contributed by atoms with E-state index in [0.29, 0.717) is 35.1 Å². The molecule has 0 aliphatic carbocycles. The van der Waals surface area contributed by atoms with Crippen LogP contribution in [0.1, 0.15) is 51.2 Å². The van der Waals surface area contributed by atoms with E-state index < -0.39 is 132 Å². The minimum atomic E-state index is -1.87. The van der Waals surface area contributed by atoms with Crippen LogP contribution in [0.2, 0.25) is 0 Å². The third-order valence-corrected chi connectivity index (χ3v) is 12.3. The number of hydrogen-bond acceptors (Lipinski definition) is 15. The first-order valence-electron chi connectivity index (χ1n) is 21.1. The van der Waals surface area contributed by atoms with Crippen LogP contribution in [-0.2, 0) is 56.0 Å². The molecule has 1 saturated heterocycles. The number of phenols is 1. The quantitative estimate of drug-likeness (QED) is 0.0712. The molecular weight excluding hydrogens is 901 g/mol. The predicted molar refractivity (Wildman–Crippen MR) is 244 cm³/mol. The first-order chi connectivity index (χ1) is 31.3. The Kier molecular flexibility index (Phi) is 22.3. The van der Waals surface area contributed by atoms with Crippen molar-refractivity contribution in [3.05, 3.63) is 65.7 Å². The molecule has 0 aromatic heterocycles. The summed E-state index contributed by atoms with van der Waals surface area (Å²) in [7, 11) is 0. The summed E-state index contributed by atoms with van der Waals surface area (Å²) >= 11 is 1.90. The van der Waals surface area contributed by atoms with Gasteiger partial charge < -0.3 is 63.4 Å². The Morgan fingerprint density at radius 2 is 1.44 bits per heavy atom. The largest absolute Gasteiger partial charge is 0.508 e. The number of carboxylic acid groups (broad SMARTS) is 1. The maximum absolute atomic E-state index is 14.1. The van der Waals surface area contributed by atoms with E-state index in [4.69, 9.17) is 5.73 Å². The minimum absolute atomic E-state index is 0.0130. The molecular formula is C43H60N8O13S2. The lowest BCUT2D eigenvalue weighted by Crippen LogP contribution is -2.63. The number of benzene rings is 2. The summed E-state index contributed by atoms with van der Waals surface area (Å²) in [6.07, 6.45) is -0.507. The Bertz CT molecular complexity index is 2010. The number of nitrogens with two attached hydrogens (primary N) is 1. The van der Waals surface area contributed by atoms with Crippen LogP contribution < -0.4 is 43.0 Å². The van der Waals surface area contributed by atoms with E-state index >= 15 is 0 Å². The first-order valence-corrected chi connectivity index (χ1v) is 23.5. The fourth-order valence-electron chi connectivity index (χ4n) is 6.51. The molecule has 0 spiro atoms. The Hall–Kier alpha value is -5.75. The van der Waals surface area contributed by atoms with Crippen molar-refractivity contribution in [3.63, 3.8) is 0 Å². The molecule has 0 saturated carbocycles. The molecule has 66 heavy (non-hydrogen) atoms. The second-order valence-corrected chi connectivity index (χ2v) is 17.8. The third kappa shape index (κ3) is 17.2. The van der Waals surface area contributed by atoms with Crippen molar-refractivity contribution < 1.29 is 63.6 Å². The van der Waals surface area contributed by atoms with Gasteiger partial charge in [-0.1, -0.05) is 74.5 Å². The lowest BCUT2D eigenvalue weighted by molar-refractivity contribution is -0.141. The van der Waals surface area contributed by atoms with Crippen LogP contribution in [0, 0.1) is 5.92 Å². The van der Waals surface area contributed by atoms with E-state index in [1.54, 1.807) is 50.4 Å². The minimum Gasteiger partial charge on any atom is -0.508 e. The molecule has 10 atom stereocenters. The number of thioether (sulfide) groups is 2. The summed E-state index contributed by atoms with van der Waals surface area (Å²) in [5, 5.41) is 56.4. The van der Waals surface area contributed by atoms with Crippen LogP contribution in [0.5, 0.6) is 5.75 Å². The van der Waals surface area contributed by atoms with Gasteiger partial charge in [0.1, 0.15) is 42.0 Å². The Labute approximate surface area is 390 Å². The lowest BCUT2D eigenvalue weighted by atomic mass is 9.96. The molecule has 0 radical (unpaired) electrons. The van der Waals surface area contributed by atoms with Crippen molar-refractivity contribution in [2.75, 3.05) is 24.4 Å². The molecule has 0 bridgehead atoms. The highest BCUT2D eigenvalue weighted by atomic mass is 32.2. The number of carbonyl (C=O) groups excluding carboxylic acids is 8. The van der Waals surface area contributed by atoms with Crippen molar-refractivity contribution in [3.8, 4) is 5.75 Å². The van der Waals surface area contributed by atoms with Gasteiger partial charge in [0.2, 0.25) is 46.5 Å². The topological polar surface area (TPSA) is 345 Å². The average Bonchev–Trinajstić information content (AvgIpc) is 3.28. The van der Waals surface area contributed by atoms with Gasteiger partial charge in [-0.25, -0.2) is 0 Å². The van der Waals surface area contributed by atoms with Gasteiger partial charge in [-0.2, -0.15) is 11.8 Å². The highest BCUT2D eigenvalue weighted by molar-refractivity contribution is 8.13. The Morgan fingerprint density at radius 1 is 0.818 bits per heavy atom. The van der Waals surface area contributed by atoms with Crippen LogP contribution in [-0.4, -0.2) is 152 Å². The highest BCUT2D eigenvalue weighted by Gasteiger charge is 2.38. The number of aliphatic carboxylic acids is 1. The van der Waals surface area contributed by atoms with Crippen molar-refractivity contribution in [1.29, 1.82) is 0 Å². The first kappa shape index (κ1) is 54.6. The van der Waals surface area contributed by atoms with E-state index in [9.17, 15) is 63.6 Å². The van der Waals surface area contributed by atoms with E-state index in [2.05, 4.69) is 37.2 Å². The number of aromatic hydroxyl groups is 1. The van der Waals surface area contributed by atoms with E-state index in [0.717, 1.165) is 6.92 Å². The van der Waals surface area contributed by atoms with Gasteiger partial charge in [0.15, 0.2) is 0 Å². The molecule has 1 fully saturated rings. The van der Waals surface area contributed by atoms with Gasteiger partial charge in [-0.3, -0.25) is 43.2 Å². The molecule has 21 nitrogen and oxygen atoms in total. The zero-order chi connectivity index (χ0) is 49.1. The van der Waals surface area contributed by atoms with Crippen LogP contribution >= 0.6 is 23.5 Å². The fourth-order valence-corrected chi connectivity index (χ4v) is 7.93. The number of hydrogen-bond donors (Lipinski definition) is 12. The molecule has 3 rings (SSSR count). The number of nitrogens with one attached hydrogen (secondary N) is 7. The van der Waals surface area contributed by atoms with Gasteiger partial charge in [-0.15, -0.1) is 0 Å². The molecule has 7 amide bonds. The Balaban J connectivity index is 1.97. The summed E-state index contributed by atoms with van der Waals surface area (Å²) in [5.41, 5.74) is 7.16. The number of aliphatic hydroxyl groups excluding tert-OH is 2. The highest BCUT2D eigenvalue weighted by Crippen LogP contribution is 2.17. The zero-order valence-electron chi connectivity index (χ0n) is 37.0. The van der Waals surface area contributed by atoms with Gasteiger partial charge >= 0.3 is 5.97 Å². The summed E-state index contributed by atoms with van der Waals surface area (Å²) in [6, 6.07) is 2.15. The van der Waals surface area contributed by atoms with Crippen molar-refractivity contribution in [1.82, 2.24) is 37.2 Å². The van der Waals surface area contributed by atoms with Gasteiger partial charge in [0, 0.05) is 12.2 Å². The number of carboxylic acids is 1. The van der Waals surface area contributed by atoms with Gasteiger partial charge in [0.05, 0.1) is 31.2 Å². The SMILES string of the molecule is CC[C@H](C)[C@@H]1NC(=O)[C@H](Cc2ccccc2)NC(=O)C(CC(=O)O)NC(=O)[C@@H](NC(=O)[C@@H](NC(=O)[C@H](CO)NC(=O)[C@@H](N)Cc2ccc(O)cc2)[C@@H](C)O)CSC(=O)C(CCSC)NC1=O.